The van der Waals surface area contributed by atoms with Crippen LogP contribution in [0.3, 0.4) is 0 Å². The first-order chi connectivity index (χ1) is 6.84. The van der Waals surface area contributed by atoms with E-state index in [0.29, 0.717) is 6.04 Å². The molecule has 0 aliphatic carbocycles. The minimum atomic E-state index is -0.178. The Morgan fingerprint density at radius 3 is 2.79 bits per heavy atom. The molecule has 14 heavy (non-hydrogen) atoms. The second-order valence-corrected chi connectivity index (χ2v) is 3.81. The molecule has 3 heteroatoms. The topological polar surface area (TPSA) is 28.6 Å². The number of nitrogens with two attached hydrogens (primary N) is 1. The van der Waals surface area contributed by atoms with Crippen LogP contribution in [0.1, 0.15) is 12.8 Å². The summed E-state index contributed by atoms with van der Waals surface area (Å²) in [6, 6.07) is 7.23. The van der Waals surface area contributed by atoms with Gasteiger partial charge in [0.05, 0.1) is 13.1 Å². The zero-order valence-corrected chi connectivity index (χ0v) is 8.17. The van der Waals surface area contributed by atoms with Crippen LogP contribution in [-0.4, -0.2) is 19.1 Å². The van der Waals surface area contributed by atoms with E-state index in [0.717, 1.165) is 12.2 Å². The molecule has 0 bridgehead atoms. The number of nitrogens with one attached hydrogen (secondary N) is 1. The molecule has 2 nitrogen and oxygen atoms in total. The van der Waals surface area contributed by atoms with Crippen LogP contribution >= 0.6 is 0 Å². The highest BCUT2D eigenvalue weighted by molar-refractivity contribution is 5.42. The van der Waals surface area contributed by atoms with Crippen molar-refractivity contribution in [1.29, 1.82) is 0 Å². The molecule has 0 unspecified atom stereocenters. The molecule has 1 heterocycles. The first-order valence-electron chi connectivity index (χ1n) is 5.17. The molecule has 1 aliphatic rings. The van der Waals surface area contributed by atoms with E-state index in [-0.39, 0.29) is 5.82 Å². The van der Waals surface area contributed by atoms with Crippen molar-refractivity contribution in [2.45, 2.75) is 18.9 Å². The van der Waals surface area contributed by atoms with Crippen molar-refractivity contribution in [3.8, 4) is 0 Å². The van der Waals surface area contributed by atoms with Gasteiger partial charge in [-0.2, -0.15) is 0 Å². The zero-order chi connectivity index (χ0) is 9.80. The molecule has 0 spiro atoms. The van der Waals surface area contributed by atoms with Crippen molar-refractivity contribution in [2.75, 3.05) is 18.4 Å². The number of hydrogen-bond donors (Lipinski definition) is 2. The fraction of sp³-hybridized carbons (Fsp3) is 0.455. The fourth-order valence-corrected chi connectivity index (χ4v) is 1.85. The number of rotatable bonds is 3. The number of halogens is 1. The van der Waals surface area contributed by atoms with Gasteiger partial charge in [-0.3, -0.25) is 0 Å². The van der Waals surface area contributed by atoms with E-state index in [4.69, 9.17) is 0 Å². The molecule has 76 valence electrons. The highest BCUT2D eigenvalue weighted by Crippen LogP contribution is 2.08. The second kappa shape index (κ2) is 4.42. The first-order valence-corrected chi connectivity index (χ1v) is 5.17. The van der Waals surface area contributed by atoms with Gasteiger partial charge < -0.3 is 10.6 Å². The summed E-state index contributed by atoms with van der Waals surface area (Å²) in [6.07, 6.45) is 2.60. The Balaban J connectivity index is 1.82. The summed E-state index contributed by atoms with van der Waals surface area (Å²) in [5.41, 5.74) is 1.01. The molecular weight excluding hydrogens is 179 g/mol. The van der Waals surface area contributed by atoms with Gasteiger partial charge in [0, 0.05) is 18.5 Å². The fourth-order valence-electron chi connectivity index (χ4n) is 1.85. The Labute approximate surface area is 83.5 Å². The molecule has 0 saturated carbocycles. The largest absolute Gasteiger partial charge is 0.379 e. The zero-order valence-electron chi connectivity index (χ0n) is 8.17. The van der Waals surface area contributed by atoms with Crippen LogP contribution in [0.4, 0.5) is 10.1 Å². The van der Waals surface area contributed by atoms with Crippen molar-refractivity contribution in [3.63, 3.8) is 0 Å². The lowest BCUT2D eigenvalue weighted by molar-refractivity contribution is -0.666. The van der Waals surface area contributed by atoms with E-state index in [9.17, 15) is 4.39 Å². The van der Waals surface area contributed by atoms with E-state index in [1.54, 1.807) is 12.1 Å². The van der Waals surface area contributed by atoms with Crippen LogP contribution in [0.5, 0.6) is 0 Å². The molecular formula is C11H16FN2+. The predicted octanol–water partition coefficient (Wildman–Crippen LogP) is 0.963. The average molecular weight is 195 g/mol. The summed E-state index contributed by atoms with van der Waals surface area (Å²) in [5.74, 6) is -0.178. The third-order valence-electron chi connectivity index (χ3n) is 2.69. The summed E-state index contributed by atoms with van der Waals surface area (Å²) in [4.78, 5) is 0. The standard InChI is InChI=1S/C11H15FN2/c12-9-3-5-10(6-4-9)14-8-11-2-1-7-13-11/h3-6,11,13-14H,1-2,7-8H2/p+1/t11-/m0/s1. The van der Waals surface area contributed by atoms with Gasteiger partial charge in [0.25, 0.3) is 0 Å². The lowest BCUT2D eigenvalue weighted by atomic mass is 10.2. The van der Waals surface area contributed by atoms with Gasteiger partial charge in [0.1, 0.15) is 11.9 Å². The molecule has 1 saturated heterocycles. The molecule has 1 atom stereocenters. The number of benzene rings is 1. The van der Waals surface area contributed by atoms with Crippen LogP contribution in [0.2, 0.25) is 0 Å². The summed E-state index contributed by atoms with van der Waals surface area (Å²) < 4.78 is 12.6. The Bertz CT molecular complexity index is 278. The Morgan fingerprint density at radius 1 is 1.36 bits per heavy atom. The first kappa shape index (κ1) is 9.46. The normalized spacial score (nSPS) is 21.1. The van der Waals surface area contributed by atoms with Gasteiger partial charge in [-0.25, -0.2) is 4.39 Å². The average Bonchev–Trinajstić information content (AvgIpc) is 2.70. The minimum absolute atomic E-state index is 0.178. The maximum atomic E-state index is 12.6. The van der Waals surface area contributed by atoms with E-state index < -0.39 is 0 Å². The summed E-state index contributed by atoms with van der Waals surface area (Å²) in [5, 5.41) is 5.69. The van der Waals surface area contributed by atoms with Gasteiger partial charge >= 0.3 is 0 Å². The molecule has 2 rings (SSSR count). The van der Waals surface area contributed by atoms with Crippen LogP contribution in [-0.2, 0) is 0 Å². The molecule has 1 fully saturated rings. The van der Waals surface area contributed by atoms with Crippen molar-refractivity contribution in [3.05, 3.63) is 30.1 Å². The highest BCUT2D eigenvalue weighted by Gasteiger charge is 2.17. The van der Waals surface area contributed by atoms with E-state index >= 15 is 0 Å². The van der Waals surface area contributed by atoms with E-state index in [1.807, 2.05) is 0 Å². The number of hydrogen-bond acceptors (Lipinski definition) is 1. The van der Waals surface area contributed by atoms with E-state index in [2.05, 4.69) is 10.6 Å². The maximum absolute atomic E-state index is 12.6. The van der Waals surface area contributed by atoms with Crippen molar-refractivity contribution in [2.24, 2.45) is 0 Å². The second-order valence-electron chi connectivity index (χ2n) is 3.81. The predicted molar refractivity (Wildman–Crippen MR) is 54.7 cm³/mol. The Hall–Kier alpha value is -1.09. The minimum Gasteiger partial charge on any atom is -0.379 e. The smallest absolute Gasteiger partial charge is 0.123 e. The van der Waals surface area contributed by atoms with Gasteiger partial charge in [-0.1, -0.05) is 0 Å². The van der Waals surface area contributed by atoms with E-state index in [1.165, 1.54) is 31.5 Å². The van der Waals surface area contributed by atoms with Gasteiger partial charge in [0.15, 0.2) is 0 Å². The van der Waals surface area contributed by atoms with Crippen molar-refractivity contribution >= 4 is 5.69 Å². The van der Waals surface area contributed by atoms with Gasteiger partial charge in [-0.15, -0.1) is 0 Å². The Kier molecular flexibility index (Phi) is 2.99. The van der Waals surface area contributed by atoms with Crippen LogP contribution in [0.25, 0.3) is 0 Å². The van der Waals surface area contributed by atoms with Gasteiger partial charge in [0.2, 0.25) is 0 Å². The lowest BCUT2D eigenvalue weighted by Crippen LogP contribution is -2.87. The SMILES string of the molecule is Fc1ccc(NC[C@@H]2CCC[NH2+]2)cc1. The van der Waals surface area contributed by atoms with Gasteiger partial charge in [-0.05, 0) is 24.3 Å². The number of quaternary nitrogens is 1. The molecule has 0 aromatic heterocycles. The summed E-state index contributed by atoms with van der Waals surface area (Å²) in [7, 11) is 0. The molecule has 1 aromatic carbocycles. The lowest BCUT2D eigenvalue weighted by Gasteiger charge is -2.09. The van der Waals surface area contributed by atoms with Crippen LogP contribution in [0, 0.1) is 5.82 Å². The third-order valence-corrected chi connectivity index (χ3v) is 2.69. The summed E-state index contributed by atoms with van der Waals surface area (Å²) in [6.45, 7) is 2.22. The molecule has 0 amide bonds. The highest BCUT2D eigenvalue weighted by atomic mass is 19.1. The third kappa shape index (κ3) is 2.45. The Morgan fingerprint density at radius 2 is 2.14 bits per heavy atom. The number of anilines is 1. The van der Waals surface area contributed by atoms with Crippen molar-refractivity contribution in [1.82, 2.24) is 0 Å². The molecule has 3 N–H and O–H groups in total. The molecule has 0 radical (unpaired) electrons. The quantitative estimate of drug-likeness (QED) is 0.739. The maximum Gasteiger partial charge on any atom is 0.123 e. The molecule has 1 aliphatic heterocycles. The van der Waals surface area contributed by atoms with Crippen LogP contribution < -0.4 is 10.6 Å². The molecule has 1 aromatic rings. The summed E-state index contributed by atoms with van der Waals surface area (Å²) >= 11 is 0. The monoisotopic (exact) mass is 195 g/mol. The van der Waals surface area contributed by atoms with Crippen LogP contribution in [0.15, 0.2) is 24.3 Å². The van der Waals surface area contributed by atoms with Crippen molar-refractivity contribution < 1.29 is 9.71 Å².